The van der Waals surface area contributed by atoms with Gasteiger partial charge in [0.25, 0.3) is 5.79 Å². The van der Waals surface area contributed by atoms with Gasteiger partial charge in [-0.1, -0.05) is 11.6 Å². The number of fused-ring (bicyclic) bond motifs is 1. The average Bonchev–Trinajstić information content (AvgIpc) is 3.34. The van der Waals surface area contributed by atoms with Crippen LogP contribution in [0, 0.1) is 5.82 Å². The maximum Gasteiger partial charge on any atom is 0.350 e. The maximum atomic E-state index is 13.6. The molecule has 1 aromatic heterocycles. The summed E-state index contributed by atoms with van der Waals surface area (Å²) in [5.41, 5.74) is 1.18. The molecule has 0 amide bonds. The van der Waals surface area contributed by atoms with Gasteiger partial charge in [0.2, 0.25) is 0 Å². The molecule has 1 unspecified atom stereocenters. The van der Waals surface area contributed by atoms with E-state index in [1.54, 1.807) is 12.1 Å². The molecule has 2 aliphatic rings. The molecule has 10 nitrogen and oxygen atoms in total. The van der Waals surface area contributed by atoms with E-state index < -0.39 is 23.5 Å². The first-order valence-electron chi connectivity index (χ1n) is 11.4. The summed E-state index contributed by atoms with van der Waals surface area (Å²) in [5, 5.41) is 6.61. The molecule has 0 saturated carbocycles. The van der Waals surface area contributed by atoms with E-state index >= 15 is 0 Å². The summed E-state index contributed by atoms with van der Waals surface area (Å²) < 4.78 is 35.5. The highest BCUT2D eigenvalue weighted by Gasteiger charge is 2.39. The lowest BCUT2D eigenvalue weighted by Crippen LogP contribution is -2.42. The van der Waals surface area contributed by atoms with Crippen molar-refractivity contribution in [1.82, 2.24) is 9.97 Å². The maximum absolute atomic E-state index is 13.6. The van der Waals surface area contributed by atoms with Gasteiger partial charge in [-0.2, -0.15) is 0 Å². The fourth-order valence-electron chi connectivity index (χ4n) is 3.82. The topological polar surface area (TPSA) is 121 Å². The summed E-state index contributed by atoms with van der Waals surface area (Å²) >= 11 is 5.92. The van der Waals surface area contributed by atoms with Gasteiger partial charge in [-0.15, -0.1) is 0 Å². The summed E-state index contributed by atoms with van der Waals surface area (Å²) in [4.78, 5) is 33.4. The van der Waals surface area contributed by atoms with Crippen LogP contribution in [0.2, 0.25) is 5.02 Å². The van der Waals surface area contributed by atoms with E-state index in [2.05, 4.69) is 20.6 Å². The van der Waals surface area contributed by atoms with Crippen LogP contribution in [0.3, 0.4) is 0 Å². The molecule has 0 radical (unpaired) electrons. The minimum absolute atomic E-state index is 0.0405. The molecular weight excluding hydrogens is 507 g/mol. The Kier molecular flexibility index (Phi) is 6.57. The zero-order valence-electron chi connectivity index (χ0n) is 19.8. The van der Waals surface area contributed by atoms with Crippen molar-refractivity contribution in [3.05, 3.63) is 59.3 Å². The Morgan fingerprint density at radius 2 is 1.95 bits per heavy atom. The zero-order chi connectivity index (χ0) is 26.2. The molecule has 2 N–H and O–H groups in total. The van der Waals surface area contributed by atoms with Crippen LogP contribution in [0.15, 0.2) is 48.4 Å². The number of carbonyl (C=O) groups excluding carboxylic acids is 2. The number of nitrogens with zero attached hydrogens (tertiary/aromatic N) is 2. The van der Waals surface area contributed by atoms with Gasteiger partial charge in [0.1, 0.15) is 29.8 Å². The summed E-state index contributed by atoms with van der Waals surface area (Å²) in [6.07, 6.45) is 3.10. The van der Waals surface area contributed by atoms with Crippen LogP contribution in [-0.2, 0) is 23.8 Å². The molecule has 2 fully saturated rings. The van der Waals surface area contributed by atoms with Crippen molar-refractivity contribution < 1.29 is 32.9 Å². The van der Waals surface area contributed by atoms with Crippen molar-refractivity contribution in [1.29, 1.82) is 0 Å². The highest BCUT2D eigenvalue weighted by atomic mass is 35.5. The van der Waals surface area contributed by atoms with E-state index in [1.807, 2.05) is 0 Å². The van der Waals surface area contributed by atoms with Crippen LogP contribution in [-0.4, -0.2) is 47.0 Å². The second kappa shape index (κ2) is 9.83. The standard InChI is InChI=1S/C25H22ClFN4O6/c1-25(2)36-23(32)16(24(33)37-25)10-28-20-8-15-19(9-21(20)35-14-5-6-34-11-14)29-12-30-22(15)31-13-3-4-18(27)17(26)7-13/h3-4,7-10,12,14,28H,5-6,11H2,1-2H3,(H,29,30,31). The van der Waals surface area contributed by atoms with Crippen LogP contribution in [0.5, 0.6) is 5.75 Å². The molecule has 5 rings (SSSR count). The Bertz CT molecular complexity index is 1400. The van der Waals surface area contributed by atoms with E-state index in [-0.39, 0.29) is 16.7 Å². The highest BCUT2D eigenvalue weighted by Crippen LogP contribution is 2.35. The monoisotopic (exact) mass is 528 g/mol. The molecule has 0 aliphatic carbocycles. The molecule has 12 heteroatoms. The molecule has 0 bridgehead atoms. The molecule has 2 saturated heterocycles. The predicted octanol–water partition coefficient (Wildman–Crippen LogP) is 4.47. The third-order valence-corrected chi connectivity index (χ3v) is 5.88. The Hall–Kier alpha value is -3.96. The number of hydrogen-bond donors (Lipinski definition) is 2. The van der Waals surface area contributed by atoms with Crippen molar-refractivity contribution >= 4 is 51.6 Å². The van der Waals surface area contributed by atoms with Gasteiger partial charge in [0, 0.05) is 43.6 Å². The van der Waals surface area contributed by atoms with Crippen LogP contribution < -0.4 is 15.4 Å². The van der Waals surface area contributed by atoms with E-state index in [1.165, 1.54) is 44.6 Å². The minimum atomic E-state index is -1.35. The molecule has 3 heterocycles. The number of rotatable bonds is 6. The highest BCUT2D eigenvalue weighted by molar-refractivity contribution is 6.31. The molecule has 1 atom stereocenters. The first kappa shape index (κ1) is 24.7. The van der Waals surface area contributed by atoms with E-state index in [4.69, 9.17) is 30.5 Å². The van der Waals surface area contributed by atoms with Crippen LogP contribution in [0.25, 0.3) is 10.9 Å². The molecule has 2 aliphatic heterocycles. The number of benzene rings is 2. The number of nitrogens with one attached hydrogen (secondary N) is 2. The van der Waals surface area contributed by atoms with Gasteiger partial charge in [-0.25, -0.2) is 23.9 Å². The SMILES string of the molecule is CC1(C)OC(=O)C(=CNc2cc3c(Nc4ccc(F)c(Cl)c4)ncnc3cc2OC2CCOC2)C(=O)O1. The first-order chi connectivity index (χ1) is 17.7. The summed E-state index contributed by atoms with van der Waals surface area (Å²) in [5.74, 6) is -2.70. The van der Waals surface area contributed by atoms with Crippen LogP contribution >= 0.6 is 11.6 Å². The quantitative estimate of drug-likeness (QED) is 0.269. The van der Waals surface area contributed by atoms with E-state index in [9.17, 15) is 14.0 Å². The number of anilines is 3. The van der Waals surface area contributed by atoms with Crippen molar-refractivity contribution in [2.45, 2.75) is 32.2 Å². The fraction of sp³-hybridized carbons (Fsp3) is 0.280. The second-order valence-corrected chi connectivity index (χ2v) is 9.23. The first-order valence-corrected chi connectivity index (χ1v) is 11.7. The fourth-order valence-corrected chi connectivity index (χ4v) is 4.00. The second-order valence-electron chi connectivity index (χ2n) is 8.83. The number of ether oxygens (including phenoxy) is 4. The van der Waals surface area contributed by atoms with Crippen molar-refractivity contribution in [2.75, 3.05) is 23.8 Å². The van der Waals surface area contributed by atoms with Crippen molar-refractivity contribution in [2.24, 2.45) is 0 Å². The minimum Gasteiger partial charge on any atom is -0.486 e. The number of esters is 2. The average molecular weight is 529 g/mol. The molecule has 3 aromatic rings. The van der Waals surface area contributed by atoms with Crippen molar-refractivity contribution in [3.63, 3.8) is 0 Å². The van der Waals surface area contributed by atoms with Gasteiger partial charge in [0.05, 0.1) is 29.4 Å². The van der Waals surface area contributed by atoms with Gasteiger partial charge < -0.3 is 29.6 Å². The molecule has 192 valence electrons. The summed E-state index contributed by atoms with van der Waals surface area (Å²) in [6, 6.07) is 7.62. The van der Waals surface area contributed by atoms with Gasteiger partial charge in [-0.05, 0) is 24.3 Å². The number of carbonyl (C=O) groups is 2. The third kappa shape index (κ3) is 5.42. The molecule has 37 heavy (non-hydrogen) atoms. The lowest BCUT2D eigenvalue weighted by Gasteiger charge is -2.29. The number of aromatic nitrogens is 2. The Labute approximate surface area is 215 Å². The summed E-state index contributed by atoms with van der Waals surface area (Å²) in [7, 11) is 0. The molecular formula is C25H22ClFN4O6. The van der Waals surface area contributed by atoms with Gasteiger partial charge in [0.15, 0.2) is 5.57 Å². The third-order valence-electron chi connectivity index (χ3n) is 5.59. The summed E-state index contributed by atoms with van der Waals surface area (Å²) in [6.45, 7) is 3.94. The number of cyclic esters (lactones) is 2. The van der Waals surface area contributed by atoms with Gasteiger partial charge >= 0.3 is 11.9 Å². The Morgan fingerprint density at radius 1 is 1.16 bits per heavy atom. The Balaban J connectivity index is 1.52. The van der Waals surface area contributed by atoms with Crippen LogP contribution in [0.4, 0.5) is 21.6 Å². The number of halogens is 2. The predicted molar refractivity (Wildman–Crippen MR) is 132 cm³/mol. The van der Waals surface area contributed by atoms with Gasteiger partial charge in [-0.3, -0.25) is 0 Å². The smallest absolute Gasteiger partial charge is 0.350 e. The zero-order valence-corrected chi connectivity index (χ0v) is 20.6. The Morgan fingerprint density at radius 3 is 2.65 bits per heavy atom. The van der Waals surface area contributed by atoms with Crippen LogP contribution in [0.1, 0.15) is 20.3 Å². The normalized spacial score (nSPS) is 18.8. The largest absolute Gasteiger partial charge is 0.486 e. The molecule has 2 aromatic carbocycles. The number of hydrogen-bond acceptors (Lipinski definition) is 10. The van der Waals surface area contributed by atoms with Crippen molar-refractivity contribution in [3.8, 4) is 5.75 Å². The molecule has 0 spiro atoms. The lowest BCUT2D eigenvalue weighted by molar-refractivity contribution is -0.222. The lowest BCUT2D eigenvalue weighted by atomic mass is 10.1. The van der Waals surface area contributed by atoms with E-state index in [0.29, 0.717) is 53.5 Å². The van der Waals surface area contributed by atoms with E-state index in [0.717, 1.165) is 0 Å².